The van der Waals surface area contributed by atoms with Gasteiger partial charge in [0, 0.05) is 30.4 Å². The minimum Gasteiger partial charge on any atom is -0.444 e. The number of alkyl carbamates (subject to hydrolysis) is 1. The highest BCUT2D eigenvalue weighted by molar-refractivity contribution is 7.09. The molecule has 2 aromatic rings. The van der Waals surface area contributed by atoms with Crippen molar-refractivity contribution in [2.75, 3.05) is 18.0 Å². The Hall–Kier alpha value is -3.26. The minimum absolute atomic E-state index is 0.0750. The first kappa shape index (κ1) is 26.3. The maximum atomic E-state index is 13.1. The Bertz CT molecular complexity index is 1090. The number of amides is 2. The number of anilines is 1. The fourth-order valence-corrected chi connectivity index (χ4v) is 4.52. The van der Waals surface area contributed by atoms with Crippen molar-refractivity contribution >= 4 is 29.0 Å². The first-order valence-electron chi connectivity index (χ1n) is 11.0. The number of alkyl halides is 3. The zero-order valence-corrected chi connectivity index (χ0v) is 20.4. The van der Waals surface area contributed by atoms with Crippen LogP contribution < -0.4 is 15.5 Å². The first-order chi connectivity index (χ1) is 16.4. The van der Waals surface area contributed by atoms with Crippen LogP contribution in [0.4, 0.5) is 23.7 Å². The number of hydrogen-bond donors (Lipinski definition) is 2. The fraction of sp³-hybridized carbons (Fsp3) is 0.458. The Kier molecular flexibility index (Phi) is 7.95. The smallest absolute Gasteiger partial charge is 0.416 e. The summed E-state index contributed by atoms with van der Waals surface area (Å²) in [7, 11) is 0. The fourth-order valence-electron chi connectivity index (χ4n) is 3.77. The second-order valence-corrected chi connectivity index (χ2v) is 10.3. The number of carbonyl (C=O) groups is 2. The molecule has 1 aliphatic heterocycles. The lowest BCUT2D eigenvalue weighted by atomic mass is 10.1. The highest BCUT2D eigenvalue weighted by atomic mass is 32.1. The van der Waals surface area contributed by atoms with Gasteiger partial charge in [-0.25, -0.2) is 4.79 Å². The van der Waals surface area contributed by atoms with Crippen molar-refractivity contribution in [2.45, 2.75) is 57.5 Å². The van der Waals surface area contributed by atoms with Crippen LogP contribution in [-0.4, -0.2) is 42.8 Å². The van der Waals surface area contributed by atoms with Crippen LogP contribution >= 0.6 is 11.3 Å². The van der Waals surface area contributed by atoms with Crippen LogP contribution in [0.15, 0.2) is 35.7 Å². The largest absolute Gasteiger partial charge is 0.444 e. The molecular weight excluding hydrogens is 481 g/mol. The molecule has 0 aliphatic carbocycles. The van der Waals surface area contributed by atoms with Gasteiger partial charge in [-0.3, -0.25) is 4.79 Å². The second-order valence-electron chi connectivity index (χ2n) is 9.26. The molecule has 3 rings (SSSR count). The van der Waals surface area contributed by atoms with E-state index in [2.05, 4.69) is 10.6 Å². The van der Waals surface area contributed by atoms with Crippen molar-refractivity contribution in [1.82, 2.24) is 10.6 Å². The van der Waals surface area contributed by atoms with Crippen LogP contribution in [0.5, 0.6) is 0 Å². The van der Waals surface area contributed by atoms with E-state index in [-0.39, 0.29) is 23.9 Å². The number of hydrogen-bond acceptors (Lipinski definition) is 6. The number of nitrogens with zero attached hydrogens (tertiary/aromatic N) is 2. The summed E-state index contributed by atoms with van der Waals surface area (Å²) in [5.41, 5.74) is -1.29. The molecule has 0 spiro atoms. The summed E-state index contributed by atoms with van der Waals surface area (Å²) >= 11 is 1.47. The number of nitriles is 1. The van der Waals surface area contributed by atoms with Gasteiger partial charge in [0.2, 0.25) is 5.91 Å². The van der Waals surface area contributed by atoms with Crippen molar-refractivity contribution in [3.8, 4) is 6.07 Å². The van der Waals surface area contributed by atoms with Crippen LogP contribution in [-0.2, 0) is 22.1 Å². The van der Waals surface area contributed by atoms with Gasteiger partial charge in [-0.15, -0.1) is 11.3 Å². The highest BCUT2D eigenvalue weighted by Gasteiger charge is 2.33. The first-order valence-corrected chi connectivity index (χ1v) is 11.9. The Morgan fingerprint density at radius 3 is 2.63 bits per heavy atom. The predicted octanol–water partition coefficient (Wildman–Crippen LogP) is 4.47. The predicted molar refractivity (Wildman–Crippen MR) is 126 cm³/mol. The van der Waals surface area contributed by atoms with Gasteiger partial charge in [-0.2, -0.15) is 18.4 Å². The lowest BCUT2D eigenvalue weighted by Gasteiger charge is -2.25. The molecule has 35 heavy (non-hydrogen) atoms. The van der Waals surface area contributed by atoms with Crippen molar-refractivity contribution in [3.05, 3.63) is 51.7 Å². The third-order valence-corrected chi connectivity index (χ3v) is 6.21. The molecular formula is C24H27F3N4O3S. The number of carbonyl (C=O) groups excluding carboxylic acids is 2. The summed E-state index contributed by atoms with van der Waals surface area (Å²) in [5.74, 6) is -0.385. The second kappa shape index (κ2) is 10.6. The Morgan fingerprint density at radius 1 is 1.29 bits per heavy atom. The van der Waals surface area contributed by atoms with Crippen LogP contribution in [0.3, 0.4) is 0 Å². The highest BCUT2D eigenvalue weighted by Crippen LogP contribution is 2.33. The molecule has 1 fully saturated rings. The van der Waals surface area contributed by atoms with E-state index in [1.165, 1.54) is 17.4 Å². The van der Waals surface area contributed by atoms with Gasteiger partial charge in [-0.05, 0) is 56.8 Å². The lowest BCUT2D eigenvalue weighted by Crippen LogP contribution is -2.52. The maximum absolute atomic E-state index is 13.1. The van der Waals surface area contributed by atoms with E-state index >= 15 is 0 Å². The van der Waals surface area contributed by atoms with E-state index in [9.17, 15) is 28.0 Å². The number of ether oxygens (including phenoxy) is 1. The number of benzene rings is 1. The zero-order valence-electron chi connectivity index (χ0n) is 19.6. The van der Waals surface area contributed by atoms with Crippen LogP contribution in [0, 0.1) is 11.3 Å². The van der Waals surface area contributed by atoms with Gasteiger partial charge >= 0.3 is 12.3 Å². The molecule has 7 nitrogen and oxygen atoms in total. The van der Waals surface area contributed by atoms with E-state index < -0.39 is 29.5 Å². The summed E-state index contributed by atoms with van der Waals surface area (Å²) in [4.78, 5) is 28.1. The Labute approximate surface area is 205 Å². The average molecular weight is 509 g/mol. The summed E-state index contributed by atoms with van der Waals surface area (Å²) in [5, 5.41) is 16.8. The van der Waals surface area contributed by atoms with Gasteiger partial charge < -0.3 is 20.3 Å². The monoisotopic (exact) mass is 508 g/mol. The van der Waals surface area contributed by atoms with Crippen molar-refractivity contribution in [2.24, 2.45) is 0 Å². The number of nitrogens with one attached hydrogen (secondary N) is 2. The molecule has 1 aromatic carbocycles. The van der Waals surface area contributed by atoms with Crippen LogP contribution in [0.25, 0.3) is 0 Å². The average Bonchev–Trinajstić information content (AvgIpc) is 3.43. The molecule has 0 bridgehead atoms. The molecule has 1 aliphatic rings. The Morgan fingerprint density at radius 2 is 2.03 bits per heavy atom. The SMILES string of the molecule is CC(C)(C)OC(=O)N[C@@H](Cc1cccs1)C(=O)N[C@H]1CCN(c2ccc(C(F)(F)F)cc2C#N)C1. The number of halogens is 3. The molecule has 0 radical (unpaired) electrons. The third kappa shape index (κ3) is 7.36. The topological polar surface area (TPSA) is 94.5 Å². The van der Waals surface area contributed by atoms with E-state index in [0.29, 0.717) is 25.2 Å². The molecule has 2 heterocycles. The van der Waals surface area contributed by atoms with Gasteiger partial charge in [0.1, 0.15) is 17.7 Å². The zero-order chi connectivity index (χ0) is 25.8. The molecule has 11 heteroatoms. The normalized spacial score (nSPS) is 16.9. The molecule has 2 amide bonds. The Balaban J connectivity index is 1.68. The van der Waals surface area contributed by atoms with Crippen molar-refractivity contribution in [3.63, 3.8) is 0 Å². The third-order valence-electron chi connectivity index (χ3n) is 5.31. The lowest BCUT2D eigenvalue weighted by molar-refractivity contribution is -0.137. The van der Waals surface area contributed by atoms with Crippen LogP contribution in [0.2, 0.25) is 0 Å². The standard InChI is InChI=1S/C24H27F3N4O3S/c1-23(2,3)34-22(33)30-19(12-18-5-4-10-35-18)21(32)29-17-8-9-31(14-17)20-7-6-16(24(25,26)27)11-15(20)13-28/h4-7,10-11,17,19H,8-9,12,14H2,1-3H3,(H,29,32)(H,30,33)/t17-,19-/m0/s1. The summed E-state index contributed by atoms with van der Waals surface area (Å²) in [6.45, 7) is 5.96. The minimum atomic E-state index is -4.54. The molecule has 2 N–H and O–H groups in total. The molecule has 2 atom stereocenters. The molecule has 1 saturated heterocycles. The molecule has 0 saturated carbocycles. The van der Waals surface area contributed by atoms with Gasteiger partial charge in [0.15, 0.2) is 0 Å². The van der Waals surface area contributed by atoms with Gasteiger partial charge in [0.25, 0.3) is 0 Å². The quantitative estimate of drug-likeness (QED) is 0.601. The number of thiophene rings is 1. The van der Waals surface area contributed by atoms with Crippen LogP contribution in [0.1, 0.15) is 43.2 Å². The number of rotatable bonds is 6. The van der Waals surface area contributed by atoms with E-state index in [4.69, 9.17) is 4.74 Å². The molecule has 0 unspecified atom stereocenters. The maximum Gasteiger partial charge on any atom is 0.416 e. The van der Waals surface area contributed by atoms with Gasteiger partial charge in [-0.1, -0.05) is 6.07 Å². The van der Waals surface area contributed by atoms with Gasteiger partial charge in [0.05, 0.1) is 16.8 Å². The molecule has 1 aromatic heterocycles. The van der Waals surface area contributed by atoms with E-state index in [1.54, 1.807) is 25.7 Å². The van der Waals surface area contributed by atoms with E-state index in [0.717, 1.165) is 17.0 Å². The summed E-state index contributed by atoms with van der Waals surface area (Å²) in [6, 6.07) is 7.46. The van der Waals surface area contributed by atoms with E-state index in [1.807, 2.05) is 23.6 Å². The van der Waals surface area contributed by atoms with Crippen molar-refractivity contribution in [1.29, 1.82) is 5.26 Å². The summed E-state index contributed by atoms with van der Waals surface area (Å²) < 4.78 is 44.3. The molecule has 188 valence electrons. The summed E-state index contributed by atoms with van der Waals surface area (Å²) in [6.07, 6.45) is -4.41. The van der Waals surface area contributed by atoms with Crippen molar-refractivity contribution < 1.29 is 27.5 Å².